The second-order valence-electron chi connectivity index (χ2n) is 5.34. The number of rotatable bonds is 3. The van der Waals surface area contributed by atoms with E-state index in [2.05, 4.69) is 12.2 Å². The Morgan fingerprint density at radius 3 is 2.85 bits per heavy atom. The normalized spacial score (nSPS) is 18.9. The maximum absolute atomic E-state index is 13.2. The quantitative estimate of drug-likeness (QED) is 0.854. The zero-order valence-corrected chi connectivity index (χ0v) is 12.1. The summed E-state index contributed by atoms with van der Waals surface area (Å²) < 4.78 is 13.2. The van der Waals surface area contributed by atoms with Crippen LogP contribution in [0.1, 0.15) is 42.1 Å². The first kappa shape index (κ1) is 13.6. The minimum Gasteiger partial charge on any atom is -0.303 e. The fourth-order valence-corrected chi connectivity index (χ4v) is 3.28. The van der Waals surface area contributed by atoms with Gasteiger partial charge in [-0.1, -0.05) is 35.9 Å². The minimum atomic E-state index is -0.149. The summed E-state index contributed by atoms with van der Waals surface area (Å²) in [5.74, 6) is -0.149. The highest BCUT2D eigenvalue weighted by atomic mass is 35.5. The molecule has 0 heterocycles. The number of fused-ring (bicyclic) bond motifs is 1. The number of benzene rings is 2. The largest absolute Gasteiger partial charge is 0.303 e. The van der Waals surface area contributed by atoms with Gasteiger partial charge in [0, 0.05) is 17.1 Å². The van der Waals surface area contributed by atoms with E-state index in [1.165, 1.54) is 5.56 Å². The van der Waals surface area contributed by atoms with Gasteiger partial charge in [0.25, 0.3) is 0 Å². The second kappa shape index (κ2) is 5.55. The minimum absolute atomic E-state index is 0.149. The molecule has 1 aliphatic rings. The van der Waals surface area contributed by atoms with Crippen LogP contribution in [0.2, 0.25) is 5.02 Å². The molecule has 0 spiro atoms. The van der Waals surface area contributed by atoms with Gasteiger partial charge >= 0.3 is 0 Å². The van der Waals surface area contributed by atoms with Crippen molar-refractivity contribution in [2.45, 2.75) is 31.8 Å². The molecule has 0 radical (unpaired) electrons. The van der Waals surface area contributed by atoms with Crippen LogP contribution in [0.5, 0.6) is 0 Å². The molecule has 2 aromatic rings. The van der Waals surface area contributed by atoms with Crippen molar-refractivity contribution in [3.8, 4) is 0 Å². The highest BCUT2D eigenvalue weighted by Crippen LogP contribution is 2.34. The third-order valence-corrected chi connectivity index (χ3v) is 4.35. The Bertz CT molecular complexity index is 626. The molecule has 0 saturated carbocycles. The maximum atomic E-state index is 13.2. The van der Waals surface area contributed by atoms with E-state index in [1.807, 2.05) is 30.3 Å². The lowest BCUT2D eigenvalue weighted by molar-refractivity contribution is 0.465. The number of aryl methyl sites for hydroxylation is 1. The molecule has 20 heavy (non-hydrogen) atoms. The van der Waals surface area contributed by atoms with E-state index >= 15 is 0 Å². The van der Waals surface area contributed by atoms with Crippen molar-refractivity contribution in [3.63, 3.8) is 0 Å². The van der Waals surface area contributed by atoms with Gasteiger partial charge < -0.3 is 5.32 Å². The first-order valence-corrected chi connectivity index (χ1v) is 7.32. The van der Waals surface area contributed by atoms with Gasteiger partial charge in [0.2, 0.25) is 0 Å². The van der Waals surface area contributed by atoms with Crippen LogP contribution in [-0.2, 0) is 6.42 Å². The van der Waals surface area contributed by atoms with E-state index in [-0.39, 0.29) is 17.9 Å². The lowest BCUT2D eigenvalue weighted by Gasteiger charge is -2.21. The van der Waals surface area contributed by atoms with E-state index in [1.54, 1.807) is 12.1 Å². The van der Waals surface area contributed by atoms with Crippen molar-refractivity contribution in [2.75, 3.05) is 0 Å². The molecule has 0 amide bonds. The van der Waals surface area contributed by atoms with Gasteiger partial charge in [-0.05, 0) is 54.7 Å². The van der Waals surface area contributed by atoms with Crippen molar-refractivity contribution in [2.24, 2.45) is 0 Å². The molecule has 1 nitrogen and oxygen atoms in total. The molecule has 0 bridgehead atoms. The molecule has 1 unspecified atom stereocenters. The number of hydrogen-bond acceptors (Lipinski definition) is 1. The van der Waals surface area contributed by atoms with E-state index in [9.17, 15) is 4.39 Å². The van der Waals surface area contributed by atoms with Crippen LogP contribution in [0.4, 0.5) is 4.39 Å². The summed E-state index contributed by atoms with van der Waals surface area (Å²) in [7, 11) is 0. The molecular formula is C17H17ClFN. The molecule has 1 N–H and O–H groups in total. The molecule has 3 rings (SSSR count). The van der Waals surface area contributed by atoms with Crippen molar-refractivity contribution < 1.29 is 4.39 Å². The Balaban J connectivity index is 1.79. The molecule has 0 saturated heterocycles. The molecule has 0 aromatic heterocycles. The number of nitrogens with one attached hydrogen (secondary N) is 1. The van der Waals surface area contributed by atoms with Gasteiger partial charge in [-0.2, -0.15) is 0 Å². The first-order valence-electron chi connectivity index (χ1n) is 6.94. The predicted molar refractivity (Wildman–Crippen MR) is 80.5 cm³/mol. The molecular weight excluding hydrogens is 273 g/mol. The summed E-state index contributed by atoms with van der Waals surface area (Å²) in [5, 5.41) is 4.39. The van der Waals surface area contributed by atoms with Crippen LogP contribution in [0.15, 0.2) is 42.5 Å². The monoisotopic (exact) mass is 289 g/mol. The van der Waals surface area contributed by atoms with Gasteiger partial charge in [-0.15, -0.1) is 0 Å². The highest BCUT2D eigenvalue weighted by molar-refractivity contribution is 6.31. The predicted octanol–water partition coefficient (Wildman–Crippen LogP) is 4.82. The van der Waals surface area contributed by atoms with Gasteiger partial charge in [0.1, 0.15) is 5.82 Å². The SMILES string of the molecule is C[C@@H](NC1CCc2cc(F)ccc21)c1ccccc1Cl. The Morgan fingerprint density at radius 1 is 1.25 bits per heavy atom. The fourth-order valence-electron chi connectivity index (χ4n) is 2.98. The molecule has 0 aliphatic heterocycles. The van der Waals surface area contributed by atoms with Gasteiger partial charge in [-0.25, -0.2) is 4.39 Å². The summed E-state index contributed by atoms with van der Waals surface area (Å²) in [4.78, 5) is 0. The van der Waals surface area contributed by atoms with Crippen molar-refractivity contribution in [1.82, 2.24) is 5.32 Å². The summed E-state index contributed by atoms with van der Waals surface area (Å²) in [6.07, 6.45) is 1.94. The topological polar surface area (TPSA) is 12.0 Å². The molecule has 1 aliphatic carbocycles. The maximum Gasteiger partial charge on any atom is 0.123 e. The lowest BCUT2D eigenvalue weighted by atomic mass is 10.0. The van der Waals surface area contributed by atoms with Gasteiger partial charge in [0.05, 0.1) is 0 Å². The van der Waals surface area contributed by atoms with Crippen LogP contribution in [0.3, 0.4) is 0 Å². The Kier molecular flexibility index (Phi) is 3.77. The molecule has 104 valence electrons. The standard InChI is InChI=1S/C17H17ClFN/c1-11(14-4-2-3-5-16(14)18)20-17-9-6-12-10-13(19)7-8-15(12)17/h2-5,7-8,10-11,17,20H,6,9H2,1H3/t11-,17?/m1/s1. The van der Waals surface area contributed by atoms with E-state index in [4.69, 9.17) is 11.6 Å². The molecule has 3 heteroatoms. The lowest BCUT2D eigenvalue weighted by Crippen LogP contribution is -2.23. The molecule has 2 atom stereocenters. The Labute approximate surface area is 123 Å². The zero-order chi connectivity index (χ0) is 14.1. The fraction of sp³-hybridized carbons (Fsp3) is 0.294. The summed E-state index contributed by atoms with van der Waals surface area (Å²) in [5.41, 5.74) is 3.43. The Morgan fingerprint density at radius 2 is 2.05 bits per heavy atom. The van der Waals surface area contributed by atoms with E-state index in [0.29, 0.717) is 0 Å². The Hall–Kier alpha value is -1.38. The van der Waals surface area contributed by atoms with E-state index in [0.717, 1.165) is 29.0 Å². The molecule has 2 aromatic carbocycles. The van der Waals surface area contributed by atoms with Crippen LogP contribution >= 0.6 is 11.6 Å². The summed E-state index contributed by atoms with van der Waals surface area (Å²) in [6, 6.07) is 13.4. The third kappa shape index (κ3) is 2.58. The highest BCUT2D eigenvalue weighted by Gasteiger charge is 2.24. The van der Waals surface area contributed by atoms with Crippen molar-refractivity contribution in [1.29, 1.82) is 0 Å². The average molecular weight is 290 g/mol. The third-order valence-electron chi connectivity index (χ3n) is 4.01. The van der Waals surface area contributed by atoms with Crippen LogP contribution < -0.4 is 5.32 Å². The van der Waals surface area contributed by atoms with Crippen LogP contribution in [0, 0.1) is 5.82 Å². The number of hydrogen-bond donors (Lipinski definition) is 1. The first-order chi connectivity index (χ1) is 9.65. The van der Waals surface area contributed by atoms with Gasteiger partial charge in [-0.3, -0.25) is 0 Å². The average Bonchev–Trinajstić information content (AvgIpc) is 2.81. The number of halogens is 2. The van der Waals surface area contributed by atoms with Crippen molar-refractivity contribution >= 4 is 11.6 Å². The molecule has 0 fully saturated rings. The smallest absolute Gasteiger partial charge is 0.123 e. The van der Waals surface area contributed by atoms with E-state index < -0.39 is 0 Å². The van der Waals surface area contributed by atoms with Crippen LogP contribution in [0.25, 0.3) is 0 Å². The summed E-state index contributed by atoms with van der Waals surface area (Å²) in [6.45, 7) is 2.11. The summed E-state index contributed by atoms with van der Waals surface area (Å²) >= 11 is 6.24. The second-order valence-corrected chi connectivity index (χ2v) is 5.75. The van der Waals surface area contributed by atoms with Crippen LogP contribution in [-0.4, -0.2) is 0 Å². The van der Waals surface area contributed by atoms with Crippen molar-refractivity contribution in [3.05, 3.63) is 70.0 Å². The zero-order valence-electron chi connectivity index (χ0n) is 11.4. The van der Waals surface area contributed by atoms with Gasteiger partial charge in [0.15, 0.2) is 0 Å².